The van der Waals surface area contributed by atoms with Crippen LogP contribution in [-0.4, -0.2) is 29.0 Å². The van der Waals surface area contributed by atoms with Crippen LogP contribution in [0.4, 0.5) is 0 Å². The molecule has 1 N–H and O–H groups in total. The van der Waals surface area contributed by atoms with E-state index >= 15 is 0 Å². The van der Waals surface area contributed by atoms with Gasteiger partial charge in [-0.3, -0.25) is 4.79 Å². The van der Waals surface area contributed by atoms with Crippen molar-refractivity contribution in [2.75, 3.05) is 13.1 Å². The Hall–Kier alpha value is -2.00. The zero-order valence-electron chi connectivity index (χ0n) is 11.5. The molecule has 1 saturated heterocycles. The Morgan fingerprint density at radius 2 is 1.95 bits per heavy atom. The molecule has 3 nitrogen and oxygen atoms in total. The molecule has 4 heteroatoms. The first-order chi connectivity index (χ1) is 10.1. The fourth-order valence-electron chi connectivity index (χ4n) is 2.80. The Balaban J connectivity index is 1.75. The van der Waals surface area contributed by atoms with Crippen molar-refractivity contribution >= 4 is 17.5 Å². The van der Waals surface area contributed by atoms with Crippen LogP contribution in [0.25, 0.3) is 0 Å². The lowest BCUT2D eigenvalue weighted by Gasteiger charge is -2.17. The number of carbonyl (C=O) groups excluding carboxylic acids is 1. The molecule has 1 amide bonds. The zero-order chi connectivity index (χ0) is 14.8. The van der Waals surface area contributed by atoms with Crippen LogP contribution in [0.2, 0.25) is 5.02 Å². The van der Waals surface area contributed by atoms with E-state index in [2.05, 4.69) is 12.1 Å². The van der Waals surface area contributed by atoms with Crippen LogP contribution in [0.1, 0.15) is 28.3 Å². The van der Waals surface area contributed by atoms with Crippen molar-refractivity contribution in [2.24, 2.45) is 0 Å². The molecule has 0 bridgehead atoms. The summed E-state index contributed by atoms with van der Waals surface area (Å²) in [7, 11) is 0. The second-order valence-electron chi connectivity index (χ2n) is 5.31. The second kappa shape index (κ2) is 5.78. The van der Waals surface area contributed by atoms with Gasteiger partial charge < -0.3 is 10.0 Å². The Labute approximate surface area is 128 Å². The first kappa shape index (κ1) is 14.0. The van der Waals surface area contributed by atoms with Gasteiger partial charge >= 0.3 is 0 Å². The largest absolute Gasteiger partial charge is 0.507 e. The van der Waals surface area contributed by atoms with Crippen molar-refractivity contribution in [2.45, 2.75) is 12.3 Å². The molecule has 1 unspecified atom stereocenters. The van der Waals surface area contributed by atoms with E-state index in [9.17, 15) is 9.90 Å². The molecular weight excluding hydrogens is 286 g/mol. The van der Waals surface area contributed by atoms with Gasteiger partial charge in [0.05, 0.1) is 5.56 Å². The number of rotatable bonds is 2. The summed E-state index contributed by atoms with van der Waals surface area (Å²) in [6.45, 7) is 1.39. The normalized spacial score (nSPS) is 18.0. The molecule has 108 valence electrons. The number of halogens is 1. The van der Waals surface area contributed by atoms with E-state index in [0.29, 0.717) is 29.6 Å². The molecule has 1 heterocycles. The molecule has 0 aromatic heterocycles. The van der Waals surface area contributed by atoms with E-state index in [-0.39, 0.29) is 11.7 Å². The monoisotopic (exact) mass is 301 g/mol. The van der Waals surface area contributed by atoms with Crippen LogP contribution in [0.3, 0.4) is 0 Å². The van der Waals surface area contributed by atoms with Gasteiger partial charge in [0, 0.05) is 24.0 Å². The van der Waals surface area contributed by atoms with Crippen LogP contribution in [-0.2, 0) is 0 Å². The standard InChI is InChI=1S/C17H16ClNO2/c18-14-6-7-15(16(20)10-14)17(21)19-9-8-13(11-19)12-4-2-1-3-5-12/h1-7,10,13,20H,8-9,11H2. The van der Waals surface area contributed by atoms with Crippen molar-refractivity contribution in [3.05, 3.63) is 64.7 Å². The Morgan fingerprint density at radius 3 is 2.67 bits per heavy atom. The molecule has 2 aromatic rings. The minimum atomic E-state index is -0.136. The van der Waals surface area contributed by atoms with Crippen molar-refractivity contribution in [1.29, 1.82) is 0 Å². The molecule has 0 saturated carbocycles. The highest BCUT2D eigenvalue weighted by atomic mass is 35.5. The summed E-state index contributed by atoms with van der Waals surface area (Å²) < 4.78 is 0. The van der Waals surface area contributed by atoms with Gasteiger partial charge in [0.25, 0.3) is 5.91 Å². The fraction of sp³-hybridized carbons (Fsp3) is 0.235. The van der Waals surface area contributed by atoms with E-state index in [4.69, 9.17) is 11.6 Å². The number of hydrogen-bond donors (Lipinski definition) is 1. The van der Waals surface area contributed by atoms with Crippen LogP contribution in [0.15, 0.2) is 48.5 Å². The highest BCUT2D eigenvalue weighted by Crippen LogP contribution is 2.30. The molecule has 2 aromatic carbocycles. The van der Waals surface area contributed by atoms with Gasteiger partial charge in [-0.1, -0.05) is 41.9 Å². The molecular formula is C17H16ClNO2. The minimum Gasteiger partial charge on any atom is -0.507 e. The number of hydrogen-bond acceptors (Lipinski definition) is 2. The molecule has 1 aliphatic heterocycles. The third-order valence-electron chi connectivity index (χ3n) is 3.94. The lowest BCUT2D eigenvalue weighted by molar-refractivity contribution is 0.0788. The number of aromatic hydroxyl groups is 1. The zero-order valence-corrected chi connectivity index (χ0v) is 12.3. The predicted octanol–water partition coefficient (Wildman–Crippen LogP) is 3.68. The molecule has 1 aliphatic rings. The lowest BCUT2D eigenvalue weighted by atomic mass is 9.99. The maximum absolute atomic E-state index is 12.5. The van der Waals surface area contributed by atoms with Gasteiger partial charge in [-0.15, -0.1) is 0 Å². The second-order valence-corrected chi connectivity index (χ2v) is 5.75. The average Bonchev–Trinajstić information content (AvgIpc) is 2.97. The predicted molar refractivity (Wildman–Crippen MR) is 82.8 cm³/mol. The first-order valence-corrected chi connectivity index (χ1v) is 7.35. The van der Waals surface area contributed by atoms with Gasteiger partial charge in [-0.2, -0.15) is 0 Å². The highest BCUT2D eigenvalue weighted by molar-refractivity contribution is 6.30. The summed E-state index contributed by atoms with van der Waals surface area (Å²) in [5.41, 5.74) is 1.57. The minimum absolute atomic E-state index is 0.0596. The molecule has 0 aliphatic carbocycles. The summed E-state index contributed by atoms with van der Waals surface area (Å²) in [5, 5.41) is 10.3. The molecule has 0 radical (unpaired) electrons. The molecule has 1 fully saturated rings. The smallest absolute Gasteiger partial charge is 0.257 e. The van der Waals surface area contributed by atoms with E-state index < -0.39 is 0 Å². The Kier molecular flexibility index (Phi) is 3.84. The number of phenols is 1. The fourth-order valence-corrected chi connectivity index (χ4v) is 2.96. The quantitative estimate of drug-likeness (QED) is 0.919. The van der Waals surface area contributed by atoms with E-state index in [1.165, 1.54) is 11.6 Å². The van der Waals surface area contributed by atoms with E-state index in [1.54, 1.807) is 17.0 Å². The van der Waals surface area contributed by atoms with Gasteiger partial charge in [-0.25, -0.2) is 0 Å². The maximum atomic E-state index is 12.5. The summed E-state index contributed by atoms with van der Waals surface area (Å²) in [6, 6.07) is 14.8. The van der Waals surface area contributed by atoms with Crippen LogP contribution < -0.4 is 0 Å². The molecule has 1 atom stereocenters. The summed E-state index contributed by atoms with van der Waals surface area (Å²) >= 11 is 5.80. The third kappa shape index (κ3) is 2.88. The third-order valence-corrected chi connectivity index (χ3v) is 4.17. The number of amides is 1. The van der Waals surface area contributed by atoms with Crippen molar-refractivity contribution < 1.29 is 9.90 Å². The molecule has 0 spiro atoms. The molecule has 21 heavy (non-hydrogen) atoms. The van der Waals surface area contributed by atoms with Crippen molar-refractivity contribution in [3.63, 3.8) is 0 Å². The van der Waals surface area contributed by atoms with Crippen molar-refractivity contribution in [3.8, 4) is 5.75 Å². The highest BCUT2D eigenvalue weighted by Gasteiger charge is 2.28. The summed E-state index contributed by atoms with van der Waals surface area (Å²) in [6.07, 6.45) is 0.949. The first-order valence-electron chi connectivity index (χ1n) is 6.98. The summed E-state index contributed by atoms with van der Waals surface area (Å²) in [4.78, 5) is 14.3. The number of nitrogens with zero attached hydrogens (tertiary/aromatic N) is 1. The van der Waals surface area contributed by atoms with E-state index in [1.807, 2.05) is 18.2 Å². The number of carbonyl (C=O) groups is 1. The average molecular weight is 302 g/mol. The van der Waals surface area contributed by atoms with Crippen LogP contribution >= 0.6 is 11.6 Å². The number of benzene rings is 2. The van der Waals surface area contributed by atoms with Gasteiger partial charge in [0.15, 0.2) is 0 Å². The van der Waals surface area contributed by atoms with Crippen LogP contribution in [0.5, 0.6) is 5.75 Å². The van der Waals surface area contributed by atoms with Gasteiger partial charge in [0.1, 0.15) is 5.75 Å². The van der Waals surface area contributed by atoms with Crippen molar-refractivity contribution in [1.82, 2.24) is 4.90 Å². The van der Waals surface area contributed by atoms with Crippen LogP contribution in [0, 0.1) is 0 Å². The topological polar surface area (TPSA) is 40.5 Å². The van der Waals surface area contributed by atoms with E-state index in [0.717, 1.165) is 6.42 Å². The lowest BCUT2D eigenvalue weighted by Crippen LogP contribution is -2.28. The summed E-state index contributed by atoms with van der Waals surface area (Å²) in [5.74, 6) is 0.169. The van der Waals surface area contributed by atoms with Gasteiger partial charge in [0.2, 0.25) is 0 Å². The molecule has 3 rings (SSSR count). The Bertz CT molecular complexity index is 657. The maximum Gasteiger partial charge on any atom is 0.257 e. The van der Waals surface area contributed by atoms with Gasteiger partial charge in [-0.05, 0) is 30.2 Å². The SMILES string of the molecule is O=C(c1ccc(Cl)cc1O)N1CCC(c2ccccc2)C1. The number of likely N-dealkylation sites (tertiary alicyclic amines) is 1. The Morgan fingerprint density at radius 1 is 1.19 bits per heavy atom. The number of phenolic OH excluding ortho intramolecular Hbond substituents is 1.